The van der Waals surface area contributed by atoms with Crippen molar-refractivity contribution in [2.24, 2.45) is 5.84 Å². The van der Waals surface area contributed by atoms with Crippen LogP contribution < -0.4 is 16.0 Å². The summed E-state index contributed by atoms with van der Waals surface area (Å²) >= 11 is 9.30. The molecule has 2 aromatic carbocycles. The fraction of sp³-hybridized carbons (Fsp3) is 0.200. The summed E-state index contributed by atoms with van der Waals surface area (Å²) in [6, 6.07) is 9.97. The molecule has 6 heteroatoms. The Hall–Kier alpha value is -1.14. The molecule has 1 atom stereocenters. The minimum Gasteiger partial charge on any atom is -0.496 e. The maximum atomic E-state index is 13.6. The van der Waals surface area contributed by atoms with Crippen LogP contribution in [-0.4, -0.2) is 7.11 Å². The predicted octanol–water partition coefficient (Wildman–Crippen LogP) is 4.00. The first kappa shape index (κ1) is 16.2. The largest absolute Gasteiger partial charge is 0.496 e. The molecule has 0 radical (unpaired) electrons. The first-order chi connectivity index (χ1) is 10.1. The summed E-state index contributed by atoms with van der Waals surface area (Å²) < 4.78 is 19.4. The van der Waals surface area contributed by atoms with Crippen LogP contribution in [0.4, 0.5) is 4.39 Å². The van der Waals surface area contributed by atoms with Crippen LogP contribution in [0.25, 0.3) is 0 Å². The molecule has 2 rings (SSSR count). The van der Waals surface area contributed by atoms with Crippen molar-refractivity contribution in [1.82, 2.24) is 5.43 Å². The molecule has 21 heavy (non-hydrogen) atoms. The number of methoxy groups -OCH3 is 1. The van der Waals surface area contributed by atoms with E-state index in [1.165, 1.54) is 6.07 Å². The smallest absolute Gasteiger partial charge is 0.137 e. The summed E-state index contributed by atoms with van der Waals surface area (Å²) in [6.45, 7) is 0. The Morgan fingerprint density at radius 3 is 2.81 bits per heavy atom. The molecule has 0 aliphatic carbocycles. The molecule has 0 aliphatic rings. The van der Waals surface area contributed by atoms with Crippen molar-refractivity contribution >= 4 is 27.5 Å². The van der Waals surface area contributed by atoms with E-state index in [9.17, 15) is 4.39 Å². The van der Waals surface area contributed by atoms with Gasteiger partial charge < -0.3 is 4.74 Å². The number of ether oxygens (including phenoxy) is 1. The highest BCUT2D eigenvalue weighted by Gasteiger charge is 2.18. The molecule has 0 aromatic heterocycles. The molecule has 0 aliphatic heterocycles. The standard InChI is InChI=1S/C15H15BrClFN2O/c1-21-14-6-5-10(17)8-11(14)13(20-19)7-9-3-2-4-12(18)15(9)16/h2-6,8,13,20H,7,19H2,1H3. The van der Waals surface area contributed by atoms with Crippen LogP contribution in [0.2, 0.25) is 5.02 Å². The number of nitrogens with one attached hydrogen (secondary N) is 1. The average molecular weight is 374 g/mol. The second-order valence-corrected chi connectivity index (χ2v) is 5.75. The van der Waals surface area contributed by atoms with Crippen molar-refractivity contribution in [2.75, 3.05) is 7.11 Å². The predicted molar refractivity (Wildman–Crippen MR) is 85.9 cm³/mol. The van der Waals surface area contributed by atoms with Gasteiger partial charge in [0.05, 0.1) is 17.6 Å². The molecular formula is C15H15BrClFN2O. The molecule has 0 saturated heterocycles. The lowest BCUT2D eigenvalue weighted by Crippen LogP contribution is -2.30. The molecule has 3 nitrogen and oxygen atoms in total. The highest BCUT2D eigenvalue weighted by atomic mass is 79.9. The monoisotopic (exact) mass is 372 g/mol. The number of hydrogen-bond acceptors (Lipinski definition) is 3. The van der Waals surface area contributed by atoms with Gasteiger partial charge in [-0.15, -0.1) is 0 Å². The fourth-order valence-corrected chi connectivity index (χ4v) is 2.77. The van der Waals surface area contributed by atoms with E-state index < -0.39 is 0 Å². The van der Waals surface area contributed by atoms with Crippen LogP contribution in [0.3, 0.4) is 0 Å². The number of halogens is 3. The van der Waals surface area contributed by atoms with E-state index in [0.29, 0.717) is 21.7 Å². The molecule has 0 heterocycles. The second kappa shape index (κ2) is 7.22. The highest BCUT2D eigenvalue weighted by Crippen LogP contribution is 2.32. The van der Waals surface area contributed by atoms with Crippen LogP contribution in [0.5, 0.6) is 5.75 Å². The Morgan fingerprint density at radius 1 is 1.38 bits per heavy atom. The quantitative estimate of drug-likeness (QED) is 0.615. The van der Waals surface area contributed by atoms with Crippen LogP contribution in [-0.2, 0) is 6.42 Å². The lowest BCUT2D eigenvalue weighted by Gasteiger charge is -2.20. The van der Waals surface area contributed by atoms with Gasteiger partial charge in [0.25, 0.3) is 0 Å². The maximum absolute atomic E-state index is 13.6. The van der Waals surface area contributed by atoms with E-state index >= 15 is 0 Å². The molecular weight excluding hydrogens is 359 g/mol. The zero-order chi connectivity index (χ0) is 15.4. The van der Waals surface area contributed by atoms with Crippen molar-refractivity contribution in [3.8, 4) is 5.75 Å². The summed E-state index contributed by atoms with van der Waals surface area (Å²) in [4.78, 5) is 0. The molecule has 0 fully saturated rings. The summed E-state index contributed by atoms with van der Waals surface area (Å²) in [7, 11) is 1.58. The lowest BCUT2D eigenvalue weighted by molar-refractivity contribution is 0.399. The van der Waals surface area contributed by atoms with Gasteiger partial charge in [0.1, 0.15) is 11.6 Å². The molecule has 0 spiro atoms. The summed E-state index contributed by atoms with van der Waals surface area (Å²) in [5.41, 5.74) is 4.36. The molecule has 0 amide bonds. The van der Waals surface area contributed by atoms with Crippen molar-refractivity contribution < 1.29 is 9.13 Å². The number of rotatable bonds is 5. The Bertz CT molecular complexity index is 639. The van der Waals surface area contributed by atoms with Crippen LogP contribution in [0, 0.1) is 5.82 Å². The number of benzene rings is 2. The third-order valence-corrected chi connectivity index (χ3v) is 4.35. The number of nitrogens with two attached hydrogens (primary N) is 1. The third-order valence-electron chi connectivity index (χ3n) is 3.22. The van der Waals surface area contributed by atoms with E-state index in [2.05, 4.69) is 21.4 Å². The molecule has 3 N–H and O–H groups in total. The maximum Gasteiger partial charge on any atom is 0.137 e. The van der Waals surface area contributed by atoms with Crippen molar-refractivity contribution in [3.05, 3.63) is 62.8 Å². The summed E-state index contributed by atoms with van der Waals surface area (Å²) in [6.07, 6.45) is 0.492. The van der Waals surface area contributed by atoms with Crippen molar-refractivity contribution in [3.63, 3.8) is 0 Å². The van der Waals surface area contributed by atoms with Crippen LogP contribution in [0.1, 0.15) is 17.2 Å². The summed E-state index contributed by atoms with van der Waals surface area (Å²) in [5.74, 6) is 6.03. The minimum atomic E-state index is -0.304. The van der Waals surface area contributed by atoms with Gasteiger partial charge in [-0.3, -0.25) is 11.3 Å². The van der Waals surface area contributed by atoms with Crippen LogP contribution >= 0.6 is 27.5 Å². The Balaban J connectivity index is 2.36. The zero-order valence-corrected chi connectivity index (χ0v) is 13.7. The molecule has 112 valence electrons. The van der Waals surface area contributed by atoms with Gasteiger partial charge in [0.2, 0.25) is 0 Å². The lowest BCUT2D eigenvalue weighted by atomic mass is 9.98. The molecule has 0 saturated carbocycles. The van der Waals surface area contributed by atoms with E-state index in [0.717, 1.165) is 11.1 Å². The molecule has 0 bridgehead atoms. The van der Waals surface area contributed by atoms with Gasteiger partial charge in [-0.2, -0.15) is 0 Å². The third kappa shape index (κ3) is 3.74. The van der Waals surface area contributed by atoms with E-state index in [4.69, 9.17) is 22.2 Å². The van der Waals surface area contributed by atoms with E-state index in [1.807, 2.05) is 6.07 Å². The highest BCUT2D eigenvalue weighted by molar-refractivity contribution is 9.10. The first-order valence-corrected chi connectivity index (χ1v) is 7.46. The molecule has 2 aromatic rings. The number of hydrazine groups is 1. The first-order valence-electron chi connectivity index (χ1n) is 6.29. The average Bonchev–Trinajstić information content (AvgIpc) is 2.49. The van der Waals surface area contributed by atoms with Gasteiger partial charge in [0, 0.05) is 10.6 Å². The summed E-state index contributed by atoms with van der Waals surface area (Å²) in [5, 5.41) is 0.587. The van der Waals surface area contributed by atoms with Gasteiger partial charge in [-0.25, -0.2) is 4.39 Å². The molecule has 1 unspecified atom stereocenters. The van der Waals surface area contributed by atoms with Gasteiger partial charge >= 0.3 is 0 Å². The Labute approximate surface area is 136 Å². The minimum absolute atomic E-state index is 0.253. The normalized spacial score (nSPS) is 12.2. The Morgan fingerprint density at radius 2 is 2.14 bits per heavy atom. The second-order valence-electron chi connectivity index (χ2n) is 4.52. The van der Waals surface area contributed by atoms with Crippen LogP contribution in [0.15, 0.2) is 40.9 Å². The van der Waals surface area contributed by atoms with E-state index in [-0.39, 0.29) is 11.9 Å². The van der Waals surface area contributed by atoms with E-state index in [1.54, 1.807) is 31.4 Å². The zero-order valence-electron chi connectivity index (χ0n) is 11.4. The van der Waals surface area contributed by atoms with Gasteiger partial charge in [0.15, 0.2) is 0 Å². The topological polar surface area (TPSA) is 47.3 Å². The number of hydrogen-bond donors (Lipinski definition) is 2. The fourth-order valence-electron chi connectivity index (χ4n) is 2.16. The van der Waals surface area contributed by atoms with Crippen molar-refractivity contribution in [1.29, 1.82) is 0 Å². The van der Waals surface area contributed by atoms with Crippen molar-refractivity contribution in [2.45, 2.75) is 12.5 Å². The van der Waals surface area contributed by atoms with Gasteiger partial charge in [-0.05, 0) is 52.2 Å². The van der Waals surface area contributed by atoms with Gasteiger partial charge in [-0.1, -0.05) is 23.7 Å². The Kier molecular flexibility index (Phi) is 5.58. The SMILES string of the molecule is COc1ccc(Cl)cc1C(Cc1cccc(F)c1Br)NN.